The monoisotopic (exact) mass is 366 g/mol. The van der Waals surface area contributed by atoms with E-state index >= 15 is 0 Å². The van der Waals surface area contributed by atoms with Gasteiger partial charge in [-0.1, -0.05) is 23.8 Å². The number of carboxylic acids is 1. The molecular weight excluding hydrogens is 340 g/mol. The first-order chi connectivity index (χ1) is 12.9. The van der Waals surface area contributed by atoms with Crippen molar-refractivity contribution < 1.29 is 14.7 Å². The minimum atomic E-state index is -0.983. The molecule has 0 spiro atoms. The van der Waals surface area contributed by atoms with E-state index in [1.165, 1.54) is 28.8 Å². The van der Waals surface area contributed by atoms with E-state index in [-0.39, 0.29) is 11.5 Å². The minimum Gasteiger partial charge on any atom is -0.478 e. The largest absolute Gasteiger partial charge is 0.478 e. The van der Waals surface area contributed by atoms with Crippen molar-refractivity contribution in [3.8, 4) is 0 Å². The fourth-order valence-electron chi connectivity index (χ4n) is 3.74. The normalized spacial score (nSPS) is 16.2. The molecule has 1 saturated heterocycles. The number of nitrogens with zero attached hydrogens (tertiary/aromatic N) is 2. The number of amides is 1. The van der Waals surface area contributed by atoms with Gasteiger partial charge < -0.3 is 10.0 Å². The predicted molar refractivity (Wildman–Crippen MR) is 105 cm³/mol. The van der Waals surface area contributed by atoms with E-state index in [4.69, 9.17) is 5.11 Å². The Morgan fingerprint density at radius 2 is 1.52 bits per heavy atom. The van der Waals surface area contributed by atoms with Crippen molar-refractivity contribution in [1.82, 2.24) is 9.80 Å². The number of carbonyl (C=O) groups is 2. The van der Waals surface area contributed by atoms with Crippen LogP contribution in [0.3, 0.4) is 0 Å². The predicted octanol–water partition coefficient (Wildman–Crippen LogP) is 3.52. The van der Waals surface area contributed by atoms with Crippen LogP contribution in [0.15, 0.2) is 42.5 Å². The highest BCUT2D eigenvalue weighted by molar-refractivity contribution is 5.96. The van der Waals surface area contributed by atoms with Crippen molar-refractivity contribution in [2.24, 2.45) is 0 Å². The molecule has 1 amide bonds. The van der Waals surface area contributed by atoms with E-state index in [2.05, 4.69) is 43.9 Å². The molecule has 0 bridgehead atoms. The van der Waals surface area contributed by atoms with E-state index in [1.54, 1.807) is 12.1 Å². The summed E-state index contributed by atoms with van der Waals surface area (Å²) in [5.74, 6) is -1.02. The van der Waals surface area contributed by atoms with Gasteiger partial charge >= 0.3 is 5.97 Å². The van der Waals surface area contributed by atoms with Crippen molar-refractivity contribution in [2.75, 3.05) is 26.2 Å². The Kier molecular flexibility index (Phi) is 5.61. The highest BCUT2D eigenvalue weighted by atomic mass is 16.4. The maximum Gasteiger partial charge on any atom is 0.335 e. The number of rotatable bonds is 4. The van der Waals surface area contributed by atoms with Gasteiger partial charge in [0, 0.05) is 37.8 Å². The summed E-state index contributed by atoms with van der Waals surface area (Å²) in [4.78, 5) is 27.9. The van der Waals surface area contributed by atoms with Gasteiger partial charge in [0.1, 0.15) is 0 Å². The number of carboxylic acid groups (broad SMARTS) is 1. The van der Waals surface area contributed by atoms with Crippen LogP contribution in [0, 0.1) is 13.8 Å². The molecule has 1 N–H and O–H groups in total. The van der Waals surface area contributed by atoms with Crippen LogP contribution in [0.4, 0.5) is 0 Å². The fourth-order valence-corrected chi connectivity index (χ4v) is 3.74. The second-order valence-corrected chi connectivity index (χ2v) is 7.25. The summed E-state index contributed by atoms with van der Waals surface area (Å²) >= 11 is 0. The Bertz CT molecular complexity index is 837. The zero-order valence-electron chi connectivity index (χ0n) is 16.1. The highest BCUT2D eigenvalue weighted by Crippen LogP contribution is 2.25. The number of hydrogen-bond acceptors (Lipinski definition) is 3. The summed E-state index contributed by atoms with van der Waals surface area (Å²) < 4.78 is 0. The fraction of sp³-hybridized carbons (Fsp3) is 0.364. The summed E-state index contributed by atoms with van der Waals surface area (Å²) in [7, 11) is 0. The third kappa shape index (κ3) is 4.19. The van der Waals surface area contributed by atoms with Crippen molar-refractivity contribution >= 4 is 11.9 Å². The Morgan fingerprint density at radius 1 is 0.926 bits per heavy atom. The zero-order valence-corrected chi connectivity index (χ0v) is 16.1. The third-order valence-electron chi connectivity index (χ3n) is 5.40. The lowest BCUT2D eigenvalue weighted by molar-refractivity contribution is 0.0580. The second-order valence-electron chi connectivity index (χ2n) is 7.25. The van der Waals surface area contributed by atoms with Crippen LogP contribution in [-0.4, -0.2) is 53.0 Å². The van der Waals surface area contributed by atoms with E-state index < -0.39 is 5.97 Å². The molecule has 27 heavy (non-hydrogen) atoms. The number of aromatic carboxylic acids is 1. The van der Waals surface area contributed by atoms with Gasteiger partial charge in [0.2, 0.25) is 0 Å². The number of aryl methyl sites for hydroxylation is 2. The van der Waals surface area contributed by atoms with Crippen molar-refractivity contribution in [1.29, 1.82) is 0 Å². The molecule has 1 aliphatic heterocycles. The zero-order chi connectivity index (χ0) is 19.6. The molecule has 1 unspecified atom stereocenters. The molecule has 0 aliphatic carbocycles. The first-order valence-corrected chi connectivity index (χ1v) is 9.30. The highest BCUT2D eigenvalue weighted by Gasteiger charge is 2.26. The lowest BCUT2D eigenvalue weighted by Gasteiger charge is -2.38. The number of piperazine rings is 1. The molecule has 2 aromatic carbocycles. The molecule has 0 aromatic heterocycles. The van der Waals surface area contributed by atoms with E-state index in [0.29, 0.717) is 24.7 Å². The van der Waals surface area contributed by atoms with Gasteiger partial charge in [-0.05, 0) is 56.2 Å². The summed E-state index contributed by atoms with van der Waals surface area (Å²) in [5.41, 5.74) is 4.64. The molecule has 142 valence electrons. The Labute approximate surface area is 160 Å². The molecule has 1 atom stereocenters. The first kappa shape index (κ1) is 19.1. The average Bonchev–Trinajstić information content (AvgIpc) is 2.67. The van der Waals surface area contributed by atoms with Gasteiger partial charge in [-0.2, -0.15) is 0 Å². The molecular formula is C22H26N2O3. The molecule has 5 heteroatoms. The van der Waals surface area contributed by atoms with Crippen LogP contribution in [0.2, 0.25) is 0 Å². The lowest BCUT2D eigenvalue weighted by Crippen LogP contribution is -2.49. The maximum atomic E-state index is 12.7. The average molecular weight is 366 g/mol. The first-order valence-electron chi connectivity index (χ1n) is 9.30. The standard InChI is InChI=1S/C22H26N2O3/c1-15-4-9-20(16(2)14-15)17(3)23-10-12-24(13-11-23)21(25)18-5-7-19(8-6-18)22(26)27/h4-9,14,17H,10-13H2,1-3H3,(H,26,27). The van der Waals surface area contributed by atoms with Gasteiger partial charge in [-0.3, -0.25) is 9.69 Å². The van der Waals surface area contributed by atoms with Gasteiger partial charge in [0.15, 0.2) is 0 Å². The smallest absolute Gasteiger partial charge is 0.335 e. The van der Waals surface area contributed by atoms with Crippen LogP contribution in [0.25, 0.3) is 0 Å². The van der Waals surface area contributed by atoms with Gasteiger partial charge in [-0.15, -0.1) is 0 Å². The van der Waals surface area contributed by atoms with Gasteiger partial charge in [0.25, 0.3) is 5.91 Å². The molecule has 3 rings (SSSR count). The van der Waals surface area contributed by atoms with Crippen LogP contribution in [0.1, 0.15) is 50.4 Å². The molecule has 0 saturated carbocycles. The molecule has 1 aliphatic rings. The topological polar surface area (TPSA) is 60.9 Å². The SMILES string of the molecule is Cc1ccc(C(C)N2CCN(C(=O)c3ccc(C(=O)O)cc3)CC2)c(C)c1. The van der Waals surface area contributed by atoms with Crippen molar-refractivity contribution in [3.05, 3.63) is 70.3 Å². The molecule has 5 nitrogen and oxygen atoms in total. The molecule has 1 fully saturated rings. The minimum absolute atomic E-state index is 0.0363. The number of hydrogen-bond donors (Lipinski definition) is 1. The Morgan fingerprint density at radius 3 is 2.07 bits per heavy atom. The molecule has 2 aromatic rings. The summed E-state index contributed by atoms with van der Waals surface area (Å²) in [6, 6.07) is 13.0. The Balaban J connectivity index is 1.62. The van der Waals surface area contributed by atoms with Gasteiger partial charge in [0.05, 0.1) is 5.56 Å². The summed E-state index contributed by atoms with van der Waals surface area (Å²) in [6.07, 6.45) is 0. The quantitative estimate of drug-likeness (QED) is 0.899. The number of carbonyl (C=O) groups excluding carboxylic acids is 1. The maximum absolute atomic E-state index is 12.7. The van der Waals surface area contributed by atoms with Crippen molar-refractivity contribution in [3.63, 3.8) is 0 Å². The summed E-state index contributed by atoms with van der Waals surface area (Å²) in [5, 5.41) is 8.97. The molecule has 1 heterocycles. The van der Waals surface area contributed by atoms with Crippen LogP contribution >= 0.6 is 0 Å². The third-order valence-corrected chi connectivity index (χ3v) is 5.40. The van der Waals surface area contributed by atoms with E-state index in [1.807, 2.05) is 4.90 Å². The van der Waals surface area contributed by atoms with Crippen LogP contribution < -0.4 is 0 Å². The van der Waals surface area contributed by atoms with E-state index in [9.17, 15) is 9.59 Å². The van der Waals surface area contributed by atoms with Crippen LogP contribution in [-0.2, 0) is 0 Å². The van der Waals surface area contributed by atoms with Gasteiger partial charge in [-0.25, -0.2) is 4.79 Å². The lowest BCUT2D eigenvalue weighted by atomic mass is 9.98. The molecule has 0 radical (unpaired) electrons. The Hall–Kier alpha value is -2.66. The number of benzene rings is 2. The second kappa shape index (κ2) is 7.92. The van der Waals surface area contributed by atoms with E-state index in [0.717, 1.165) is 13.1 Å². The van der Waals surface area contributed by atoms with Crippen LogP contribution in [0.5, 0.6) is 0 Å². The van der Waals surface area contributed by atoms with Crippen molar-refractivity contribution in [2.45, 2.75) is 26.8 Å². The summed E-state index contributed by atoms with van der Waals surface area (Å²) in [6.45, 7) is 9.48.